The standard InChI is InChI=1S/C23H23N3O5S/c1-17(27)24-18-9-8-10-19(15-18)25-23(28)16-26(32(2,29)30)21-13-6-7-14-22(21)31-20-11-4-3-5-12-20/h3-15H,16H2,1-2H3,(H,24,27)(H,25,28). The lowest BCUT2D eigenvalue weighted by atomic mass is 10.2. The van der Waals surface area contributed by atoms with E-state index in [0.717, 1.165) is 10.6 Å². The molecule has 2 N–H and O–H groups in total. The summed E-state index contributed by atoms with van der Waals surface area (Å²) in [5.41, 5.74) is 1.17. The van der Waals surface area contributed by atoms with Crippen molar-refractivity contribution in [1.82, 2.24) is 0 Å². The van der Waals surface area contributed by atoms with Gasteiger partial charge in [0, 0.05) is 18.3 Å². The first-order valence-electron chi connectivity index (χ1n) is 9.69. The van der Waals surface area contributed by atoms with Crippen LogP contribution in [0.1, 0.15) is 6.92 Å². The molecule has 3 rings (SSSR count). The second-order valence-electron chi connectivity index (χ2n) is 6.96. The van der Waals surface area contributed by atoms with Gasteiger partial charge < -0.3 is 15.4 Å². The quantitative estimate of drug-likeness (QED) is 0.539. The van der Waals surface area contributed by atoms with E-state index < -0.39 is 22.5 Å². The van der Waals surface area contributed by atoms with E-state index in [1.165, 1.54) is 6.92 Å². The molecule has 3 aromatic rings. The summed E-state index contributed by atoms with van der Waals surface area (Å²) in [6.07, 6.45) is 1.02. The number of carbonyl (C=O) groups excluding carboxylic acids is 2. The van der Waals surface area contributed by atoms with E-state index in [1.54, 1.807) is 72.8 Å². The van der Waals surface area contributed by atoms with Gasteiger partial charge in [-0.3, -0.25) is 13.9 Å². The lowest BCUT2D eigenvalue weighted by Crippen LogP contribution is -2.37. The number of carbonyl (C=O) groups is 2. The van der Waals surface area contributed by atoms with Crippen LogP contribution in [0.5, 0.6) is 11.5 Å². The van der Waals surface area contributed by atoms with Gasteiger partial charge in [0.2, 0.25) is 21.8 Å². The maximum atomic E-state index is 12.7. The van der Waals surface area contributed by atoms with Gasteiger partial charge in [-0.1, -0.05) is 36.4 Å². The first-order chi connectivity index (χ1) is 15.2. The van der Waals surface area contributed by atoms with E-state index in [2.05, 4.69) is 10.6 Å². The van der Waals surface area contributed by atoms with Crippen LogP contribution in [-0.2, 0) is 19.6 Å². The van der Waals surface area contributed by atoms with E-state index >= 15 is 0 Å². The zero-order valence-corrected chi connectivity index (χ0v) is 18.4. The summed E-state index contributed by atoms with van der Waals surface area (Å²) in [5.74, 6) is 0.0360. The Morgan fingerprint density at radius 1 is 0.875 bits per heavy atom. The Bertz CT molecular complexity index is 1210. The van der Waals surface area contributed by atoms with Crippen molar-refractivity contribution in [2.45, 2.75) is 6.92 Å². The van der Waals surface area contributed by atoms with Crippen LogP contribution in [0, 0.1) is 0 Å². The molecule has 3 aromatic carbocycles. The number of rotatable bonds is 8. The van der Waals surface area contributed by atoms with Gasteiger partial charge in [-0.05, 0) is 42.5 Å². The molecule has 0 aliphatic carbocycles. The second-order valence-corrected chi connectivity index (χ2v) is 8.87. The topological polar surface area (TPSA) is 105 Å². The Morgan fingerprint density at radius 2 is 1.50 bits per heavy atom. The van der Waals surface area contributed by atoms with Crippen LogP contribution in [0.2, 0.25) is 0 Å². The van der Waals surface area contributed by atoms with E-state index in [1.807, 2.05) is 6.07 Å². The number of ether oxygens (including phenoxy) is 1. The number of nitrogens with zero attached hydrogens (tertiary/aromatic N) is 1. The van der Waals surface area contributed by atoms with Crippen LogP contribution in [0.15, 0.2) is 78.9 Å². The fourth-order valence-electron chi connectivity index (χ4n) is 2.96. The summed E-state index contributed by atoms with van der Waals surface area (Å²) in [5, 5.41) is 5.29. The maximum Gasteiger partial charge on any atom is 0.245 e. The third-order valence-corrected chi connectivity index (χ3v) is 5.39. The highest BCUT2D eigenvalue weighted by Gasteiger charge is 2.24. The summed E-state index contributed by atoms with van der Waals surface area (Å²) >= 11 is 0. The molecule has 32 heavy (non-hydrogen) atoms. The smallest absolute Gasteiger partial charge is 0.245 e. The van der Waals surface area contributed by atoms with E-state index in [9.17, 15) is 18.0 Å². The molecule has 9 heteroatoms. The van der Waals surface area contributed by atoms with Gasteiger partial charge in [0.1, 0.15) is 12.3 Å². The van der Waals surface area contributed by atoms with Crippen molar-refractivity contribution in [3.05, 3.63) is 78.9 Å². The van der Waals surface area contributed by atoms with Crippen molar-refractivity contribution < 1.29 is 22.7 Å². The Hall–Kier alpha value is -3.85. The average Bonchev–Trinajstić information content (AvgIpc) is 2.72. The first-order valence-corrected chi connectivity index (χ1v) is 11.5. The van der Waals surface area contributed by atoms with Crippen LogP contribution in [-0.4, -0.2) is 33.0 Å². The van der Waals surface area contributed by atoms with Crippen LogP contribution in [0.4, 0.5) is 17.1 Å². The Balaban J connectivity index is 1.83. The zero-order chi connectivity index (χ0) is 23.1. The molecule has 0 atom stereocenters. The van der Waals surface area contributed by atoms with E-state index in [4.69, 9.17) is 4.74 Å². The minimum absolute atomic E-state index is 0.237. The molecule has 0 aliphatic rings. The fourth-order valence-corrected chi connectivity index (χ4v) is 3.81. The molecule has 0 saturated carbocycles. The van der Waals surface area contributed by atoms with Crippen molar-refractivity contribution in [1.29, 1.82) is 0 Å². The highest BCUT2D eigenvalue weighted by molar-refractivity contribution is 7.92. The molecule has 0 aromatic heterocycles. The summed E-state index contributed by atoms with van der Waals surface area (Å²) in [6, 6.07) is 22.1. The number of anilines is 3. The molecule has 166 valence electrons. The summed E-state index contributed by atoms with van der Waals surface area (Å²) in [6.45, 7) is 0.919. The van der Waals surface area contributed by atoms with Gasteiger partial charge in [-0.25, -0.2) is 8.42 Å². The predicted octanol–water partition coefficient (Wildman–Crippen LogP) is 3.84. The predicted molar refractivity (Wildman–Crippen MR) is 125 cm³/mol. The number of nitrogens with one attached hydrogen (secondary N) is 2. The molecule has 0 heterocycles. The minimum Gasteiger partial charge on any atom is -0.455 e. The van der Waals surface area contributed by atoms with Gasteiger partial charge in [-0.15, -0.1) is 0 Å². The van der Waals surface area contributed by atoms with Gasteiger partial charge in [0.25, 0.3) is 0 Å². The number of hydrogen-bond acceptors (Lipinski definition) is 5. The minimum atomic E-state index is -3.81. The lowest BCUT2D eigenvalue weighted by Gasteiger charge is -2.24. The normalized spacial score (nSPS) is 10.8. The zero-order valence-electron chi connectivity index (χ0n) is 17.6. The molecule has 0 aliphatic heterocycles. The SMILES string of the molecule is CC(=O)Nc1cccc(NC(=O)CN(c2ccccc2Oc2ccccc2)S(C)(=O)=O)c1. The third-order valence-electron chi connectivity index (χ3n) is 4.26. The number of sulfonamides is 1. The molecular formula is C23H23N3O5S. The highest BCUT2D eigenvalue weighted by Crippen LogP contribution is 2.33. The lowest BCUT2D eigenvalue weighted by molar-refractivity contribution is -0.115. The van der Waals surface area contributed by atoms with Crippen molar-refractivity contribution in [3.8, 4) is 11.5 Å². The Labute approximate surface area is 186 Å². The van der Waals surface area contributed by atoms with E-state index in [-0.39, 0.29) is 11.6 Å². The van der Waals surface area contributed by atoms with Gasteiger partial charge >= 0.3 is 0 Å². The molecule has 0 bridgehead atoms. The molecule has 0 radical (unpaired) electrons. The molecule has 0 spiro atoms. The molecule has 0 saturated heterocycles. The third kappa shape index (κ3) is 6.32. The largest absolute Gasteiger partial charge is 0.455 e. The Kier molecular flexibility index (Phi) is 7.11. The van der Waals surface area contributed by atoms with Crippen molar-refractivity contribution in [2.24, 2.45) is 0 Å². The molecule has 8 nitrogen and oxygen atoms in total. The van der Waals surface area contributed by atoms with Gasteiger partial charge in [-0.2, -0.15) is 0 Å². The summed E-state index contributed by atoms with van der Waals surface area (Å²) < 4.78 is 31.9. The molecule has 2 amide bonds. The number of amides is 2. The summed E-state index contributed by atoms with van der Waals surface area (Å²) in [7, 11) is -3.81. The molecule has 0 fully saturated rings. The highest BCUT2D eigenvalue weighted by atomic mass is 32.2. The van der Waals surface area contributed by atoms with Gasteiger partial charge in [0.15, 0.2) is 5.75 Å². The monoisotopic (exact) mass is 453 g/mol. The fraction of sp³-hybridized carbons (Fsp3) is 0.130. The average molecular weight is 454 g/mol. The maximum absolute atomic E-state index is 12.7. The van der Waals surface area contributed by atoms with Crippen molar-refractivity contribution >= 4 is 38.9 Å². The second kappa shape index (κ2) is 9.97. The van der Waals surface area contributed by atoms with Crippen LogP contribution < -0.4 is 19.7 Å². The number of hydrogen-bond donors (Lipinski definition) is 2. The Morgan fingerprint density at radius 3 is 2.16 bits per heavy atom. The van der Waals surface area contributed by atoms with Crippen LogP contribution in [0.25, 0.3) is 0 Å². The van der Waals surface area contributed by atoms with Gasteiger partial charge in [0.05, 0.1) is 11.9 Å². The summed E-state index contributed by atoms with van der Waals surface area (Å²) in [4.78, 5) is 23.9. The van der Waals surface area contributed by atoms with Crippen molar-refractivity contribution in [2.75, 3.05) is 27.7 Å². The molecule has 0 unspecified atom stereocenters. The van der Waals surface area contributed by atoms with E-state index in [0.29, 0.717) is 22.9 Å². The first kappa shape index (κ1) is 22.8. The van der Waals surface area contributed by atoms with Crippen molar-refractivity contribution in [3.63, 3.8) is 0 Å². The van der Waals surface area contributed by atoms with Crippen LogP contribution in [0.3, 0.4) is 0 Å². The van der Waals surface area contributed by atoms with Crippen LogP contribution >= 0.6 is 0 Å². The number of benzene rings is 3. The molecular weight excluding hydrogens is 430 g/mol. The number of para-hydroxylation sites is 3.